The highest BCUT2D eigenvalue weighted by Gasteiger charge is 2.34. The van der Waals surface area contributed by atoms with E-state index in [1.165, 1.54) is 0 Å². The number of hydrogen-bond donors (Lipinski definition) is 2. The van der Waals surface area contributed by atoms with Crippen molar-refractivity contribution in [3.8, 4) is 0 Å². The molecule has 1 saturated heterocycles. The van der Waals surface area contributed by atoms with Crippen molar-refractivity contribution in [2.75, 3.05) is 11.4 Å². The maximum Gasteiger partial charge on any atom is 0.249 e. The number of carbonyl (C=O) groups is 2. The van der Waals surface area contributed by atoms with Crippen LogP contribution >= 0.6 is 24.0 Å². The monoisotopic (exact) mass is 345 g/mol. The number of rotatable bonds is 5. The van der Waals surface area contributed by atoms with Gasteiger partial charge in [0.05, 0.1) is 6.04 Å². The summed E-state index contributed by atoms with van der Waals surface area (Å²) >= 11 is 5.94. The van der Waals surface area contributed by atoms with Crippen molar-refractivity contribution in [2.45, 2.75) is 38.3 Å². The van der Waals surface area contributed by atoms with Crippen molar-refractivity contribution in [1.29, 1.82) is 0 Å². The third-order valence-corrected chi connectivity index (χ3v) is 3.81. The van der Waals surface area contributed by atoms with Crippen LogP contribution in [0.1, 0.15) is 26.2 Å². The zero-order valence-electron chi connectivity index (χ0n) is 12.4. The van der Waals surface area contributed by atoms with Gasteiger partial charge in [0.25, 0.3) is 0 Å². The highest BCUT2D eigenvalue weighted by molar-refractivity contribution is 6.31. The summed E-state index contributed by atoms with van der Waals surface area (Å²) in [5.41, 5.74) is 6.51. The van der Waals surface area contributed by atoms with Crippen LogP contribution < -0.4 is 16.0 Å². The highest BCUT2D eigenvalue weighted by Crippen LogP contribution is 2.24. The molecule has 3 N–H and O–H groups in total. The fraction of sp³-hybridized carbons (Fsp3) is 0.467. The Hall–Kier alpha value is -1.30. The van der Waals surface area contributed by atoms with Crippen molar-refractivity contribution in [3.05, 3.63) is 29.3 Å². The average molecular weight is 346 g/mol. The van der Waals surface area contributed by atoms with Crippen LogP contribution in [0.3, 0.4) is 0 Å². The van der Waals surface area contributed by atoms with Crippen LogP contribution in [0.25, 0.3) is 0 Å². The van der Waals surface area contributed by atoms with E-state index in [2.05, 4.69) is 5.32 Å². The third kappa shape index (κ3) is 4.35. The summed E-state index contributed by atoms with van der Waals surface area (Å²) in [4.78, 5) is 25.9. The van der Waals surface area contributed by atoms with Crippen molar-refractivity contribution in [1.82, 2.24) is 5.32 Å². The first-order valence-electron chi connectivity index (χ1n) is 7.16. The standard InChI is InChI=1S/C15H20ClN3O2.ClH/c1-2-4-12(17)14(20)18-13-7-8-19(15(13)21)11-6-3-5-10(16)9-11;/h3,5-6,9,12-13H,2,4,7-8,17H2,1H3,(H,18,20);1H. The van der Waals surface area contributed by atoms with Crippen LogP contribution in [-0.2, 0) is 9.59 Å². The van der Waals surface area contributed by atoms with Gasteiger partial charge in [0.15, 0.2) is 0 Å². The molecule has 1 aliphatic rings. The Kier molecular flexibility index (Phi) is 7.13. The van der Waals surface area contributed by atoms with Crippen molar-refractivity contribution < 1.29 is 9.59 Å². The van der Waals surface area contributed by atoms with Crippen LogP contribution in [0, 0.1) is 0 Å². The summed E-state index contributed by atoms with van der Waals surface area (Å²) in [5.74, 6) is -0.377. The summed E-state index contributed by atoms with van der Waals surface area (Å²) < 4.78 is 0. The molecular weight excluding hydrogens is 325 g/mol. The average Bonchev–Trinajstić information content (AvgIpc) is 2.80. The molecule has 1 fully saturated rings. The van der Waals surface area contributed by atoms with Gasteiger partial charge in [-0.15, -0.1) is 12.4 Å². The molecule has 1 aromatic carbocycles. The van der Waals surface area contributed by atoms with Crippen LogP contribution in [-0.4, -0.2) is 30.4 Å². The Morgan fingerprint density at radius 2 is 2.27 bits per heavy atom. The Morgan fingerprint density at radius 1 is 1.55 bits per heavy atom. The second-order valence-electron chi connectivity index (χ2n) is 5.21. The second kappa shape index (κ2) is 8.36. The lowest BCUT2D eigenvalue weighted by molar-refractivity contribution is -0.127. The minimum atomic E-state index is -0.553. The Morgan fingerprint density at radius 3 is 2.91 bits per heavy atom. The molecule has 5 nitrogen and oxygen atoms in total. The van der Waals surface area contributed by atoms with Gasteiger partial charge in [0.1, 0.15) is 6.04 Å². The van der Waals surface area contributed by atoms with Gasteiger partial charge in [-0.05, 0) is 31.0 Å². The van der Waals surface area contributed by atoms with Crippen LogP contribution in [0.4, 0.5) is 5.69 Å². The number of halogens is 2. The van der Waals surface area contributed by atoms with E-state index in [0.29, 0.717) is 24.4 Å². The quantitative estimate of drug-likeness (QED) is 0.857. The molecule has 1 heterocycles. The number of anilines is 1. The summed E-state index contributed by atoms with van der Waals surface area (Å²) in [7, 11) is 0. The van der Waals surface area contributed by atoms with Gasteiger partial charge in [-0.1, -0.05) is 31.0 Å². The van der Waals surface area contributed by atoms with Gasteiger partial charge < -0.3 is 16.0 Å². The largest absolute Gasteiger partial charge is 0.343 e. The van der Waals surface area contributed by atoms with Gasteiger partial charge in [-0.25, -0.2) is 0 Å². The Labute approximate surface area is 141 Å². The van der Waals surface area contributed by atoms with E-state index in [-0.39, 0.29) is 24.2 Å². The van der Waals surface area contributed by atoms with Crippen LogP contribution in [0.2, 0.25) is 5.02 Å². The molecule has 0 spiro atoms. The maximum atomic E-state index is 12.4. The van der Waals surface area contributed by atoms with Crippen molar-refractivity contribution in [2.24, 2.45) is 5.73 Å². The number of hydrogen-bond acceptors (Lipinski definition) is 3. The normalized spacial score (nSPS) is 18.8. The smallest absolute Gasteiger partial charge is 0.249 e. The van der Waals surface area contributed by atoms with Crippen molar-refractivity contribution in [3.63, 3.8) is 0 Å². The van der Waals surface area contributed by atoms with E-state index >= 15 is 0 Å². The molecule has 0 saturated carbocycles. The van der Waals surface area contributed by atoms with E-state index in [9.17, 15) is 9.59 Å². The van der Waals surface area contributed by atoms with E-state index in [1.54, 1.807) is 23.1 Å². The fourth-order valence-corrected chi connectivity index (χ4v) is 2.62. The number of benzene rings is 1. The first-order chi connectivity index (χ1) is 10.0. The zero-order chi connectivity index (χ0) is 15.4. The topological polar surface area (TPSA) is 75.4 Å². The van der Waals surface area contributed by atoms with Crippen molar-refractivity contribution >= 4 is 41.5 Å². The van der Waals surface area contributed by atoms with E-state index in [4.69, 9.17) is 17.3 Å². The minimum Gasteiger partial charge on any atom is -0.343 e. The third-order valence-electron chi connectivity index (χ3n) is 3.58. The molecule has 22 heavy (non-hydrogen) atoms. The molecule has 2 atom stereocenters. The molecule has 122 valence electrons. The number of nitrogens with two attached hydrogens (primary N) is 1. The van der Waals surface area contributed by atoms with Crippen LogP contribution in [0.5, 0.6) is 0 Å². The number of carbonyl (C=O) groups excluding carboxylic acids is 2. The number of amides is 2. The minimum absolute atomic E-state index is 0. The number of nitrogens with zero attached hydrogens (tertiary/aromatic N) is 1. The molecule has 1 aliphatic heterocycles. The van der Waals surface area contributed by atoms with Gasteiger partial charge in [0, 0.05) is 17.3 Å². The molecule has 7 heteroatoms. The lowest BCUT2D eigenvalue weighted by Crippen LogP contribution is -2.48. The molecule has 0 bridgehead atoms. The molecule has 2 unspecified atom stereocenters. The van der Waals surface area contributed by atoms with Gasteiger partial charge in [-0.2, -0.15) is 0 Å². The van der Waals surface area contributed by atoms with E-state index in [0.717, 1.165) is 12.1 Å². The van der Waals surface area contributed by atoms with E-state index in [1.807, 2.05) is 13.0 Å². The summed E-state index contributed by atoms with van der Waals surface area (Å²) in [6.45, 7) is 2.53. The molecule has 1 aromatic rings. The molecule has 2 amide bonds. The first kappa shape index (κ1) is 18.7. The van der Waals surface area contributed by atoms with E-state index < -0.39 is 12.1 Å². The Bertz CT molecular complexity index is 539. The fourth-order valence-electron chi connectivity index (χ4n) is 2.44. The van der Waals surface area contributed by atoms with Gasteiger partial charge >= 0.3 is 0 Å². The number of nitrogens with one attached hydrogen (secondary N) is 1. The maximum absolute atomic E-state index is 12.4. The summed E-state index contributed by atoms with van der Waals surface area (Å²) in [5, 5.41) is 3.32. The predicted molar refractivity (Wildman–Crippen MR) is 90.5 cm³/mol. The lowest BCUT2D eigenvalue weighted by atomic mass is 10.1. The van der Waals surface area contributed by atoms with Crippen LogP contribution in [0.15, 0.2) is 24.3 Å². The molecule has 0 aromatic heterocycles. The summed E-state index contributed by atoms with van der Waals surface area (Å²) in [6, 6.07) is 6.08. The summed E-state index contributed by atoms with van der Waals surface area (Å²) in [6.07, 6.45) is 2.03. The molecule has 0 aliphatic carbocycles. The predicted octanol–water partition coefficient (Wildman–Crippen LogP) is 2.11. The van der Waals surface area contributed by atoms with Gasteiger partial charge in [-0.3, -0.25) is 9.59 Å². The lowest BCUT2D eigenvalue weighted by Gasteiger charge is -2.18. The van der Waals surface area contributed by atoms with Gasteiger partial charge in [0.2, 0.25) is 11.8 Å². The molecule has 2 rings (SSSR count). The molecular formula is C15H21Cl2N3O2. The highest BCUT2D eigenvalue weighted by atomic mass is 35.5. The first-order valence-corrected chi connectivity index (χ1v) is 7.53. The SMILES string of the molecule is CCCC(N)C(=O)NC1CCN(c2cccc(Cl)c2)C1=O.Cl. The second-order valence-corrected chi connectivity index (χ2v) is 5.65. The Balaban J connectivity index is 0.00000242. The zero-order valence-corrected chi connectivity index (χ0v) is 14.0. The molecule has 0 radical (unpaired) electrons.